The summed E-state index contributed by atoms with van der Waals surface area (Å²) < 4.78 is 7.27. The molecule has 0 aromatic carbocycles. The molecule has 0 saturated carbocycles. The van der Waals surface area contributed by atoms with Crippen LogP contribution in [-0.2, 0) is 24.2 Å². The van der Waals surface area contributed by atoms with Gasteiger partial charge in [-0.15, -0.1) is 0 Å². The molecule has 5 nitrogen and oxygen atoms in total. The van der Waals surface area contributed by atoms with Crippen molar-refractivity contribution < 1.29 is 14.0 Å². The van der Waals surface area contributed by atoms with Gasteiger partial charge in [-0.25, -0.2) is 0 Å². The van der Waals surface area contributed by atoms with Crippen molar-refractivity contribution in [2.45, 2.75) is 66.5 Å². The molecule has 0 saturated heterocycles. The normalized spacial score (nSPS) is 16.0. The molecule has 1 N–H and O–H groups in total. The highest BCUT2D eigenvalue weighted by atomic mass is 16.3. The largest absolute Gasteiger partial charge is 0.472 e. The van der Waals surface area contributed by atoms with E-state index in [1.54, 1.807) is 12.5 Å². The minimum atomic E-state index is -0.0735. The number of hydrogen-bond acceptors (Lipinski definition) is 3. The second-order valence-electron chi connectivity index (χ2n) is 8.38. The third kappa shape index (κ3) is 3.48. The lowest BCUT2D eigenvalue weighted by atomic mass is 9.75. The maximum atomic E-state index is 12.9. The molecule has 1 aliphatic rings. The number of nitrogens with zero attached hydrogens (tertiary/aromatic N) is 1. The number of carbonyl (C=O) groups excluding carboxylic acids is 2. The first kappa shape index (κ1) is 18.5. The van der Waals surface area contributed by atoms with Gasteiger partial charge < -0.3 is 14.3 Å². The van der Waals surface area contributed by atoms with Gasteiger partial charge in [0, 0.05) is 41.5 Å². The summed E-state index contributed by atoms with van der Waals surface area (Å²) >= 11 is 0. The number of hydrogen-bond donors (Lipinski definition) is 1. The van der Waals surface area contributed by atoms with E-state index < -0.39 is 0 Å². The van der Waals surface area contributed by atoms with Gasteiger partial charge in [-0.1, -0.05) is 13.8 Å². The lowest BCUT2D eigenvalue weighted by Gasteiger charge is -2.31. The Hall–Kier alpha value is -2.30. The number of furan rings is 1. The van der Waals surface area contributed by atoms with Gasteiger partial charge in [0.2, 0.25) is 5.91 Å². The van der Waals surface area contributed by atoms with Crippen molar-refractivity contribution in [3.05, 3.63) is 46.7 Å². The Balaban J connectivity index is 1.90. The Labute approximate surface area is 154 Å². The molecular weight excluding hydrogens is 328 g/mol. The summed E-state index contributed by atoms with van der Waals surface area (Å²) in [5.74, 6) is 0.0898. The molecule has 0 aliphatic heterocycles. The quantitative estimate of drug-likeness (QED) is 0.881. The summed E-state index contributed by atoms with van der Waals surface area (Å²) in [4.78, 5) is 25.4. The summed E-state index contributed by atoms with van der Waals surface area (Å²) in [6, 6.07) is 2.09. The van der Waals surface area contributed by atoms with Gasteiger partial charge in [-0.2, -0.15) is 0 Å². The first-order valence-corrected chi connectivity index (χ1v) is 9.23. The zero-order chi connectivity index (χ0) is 19.1. The van der Waals surface area contributed by atoms with Crippen LogP contribution in [0.2, 0.25) is 0 Å². The molecular formula is C21H28N2O3. The molecule has 1 amide bonds. The van der Waals surface area contributed by atoms with E-state index in [1.807, 2.05) is 13.0 Å². The molecule has 5 heteroatoms. The highest BCUT2D eigenvalue weighted by Gasteiger charge is 2.37. The zero-order valence-corrected chi connectivity index (χ0v) is 16.3. The van der Waals surface area contributed by atoms with Crippen LogP contribution in [0.5, 0.6) is 0 Å². The summed E-state index contributed by atoms with van der Waals surface area (Å²) in [5, 5.41) is 2.92. The monoisotopic (exact) mass is 356 g/mol. The summed E-state index contributed by atoms with van der Waals surface area (Å²) in [5.41, 5.74) is 4.69. The molecule has 0 fully saturated rings. The highest BCUT2D eigenvalue weighted by Crippen LogP contribution is 2.40. The fourth-order valence-corrected chi connectivity index (χ4v) is 4.10. The summed E-state index contributed by atoms with van der Waals surface area (Å²) in [6.07, 6.45) is 4.84. The maximum absolute atomic E-state index is 12.9. The number of nitrogens with one attached hydrogen (secondary N) is 1. The molecule has 0 unspecified atom stereocenters. The standard InChI is InChI=1S/C21H28N2O3/c1-13(2)23-14(3)16(8-19(25)22-11-15-6-7-26-12-15)20-17(23)9-21(4,5)10-18(20)24/h6-7,12-13H,8-11H2,1-5H3,(H,22,25). The van der Waals surface area contributed by atoms with Crippen molar-refractivity contribution in [2.75, 3.05) is 0 Å². The van der Waals surface area contributed by atoms with Crippen LogP contribution in [0.3, 0.4) is 0 Å². The predicted molar refractivity (Wildman–Crippen MR) is 100 cm³/mol. The van der Waals surface area contributed by atoms with Gasteiger partial charge in [0.25, 0.3) is 0 Å². The first-order chi connectivity index (χ1) is 12.2. The second-order valence-corrected chi connectivity index (χ2v) is 8.38. The number of carbonyl (C=O) groups is 2. The molecule has 1 aliphatic carbocycles. The molecule has 140 valence electrons. The highest BCUT2D eigenvalue weighted by molar-refractivity contribution is 6.01. The van der Waals surface area contributed by atoms with Crippen molar-refractivity contribution >= 4 is 11.7 Å². The van der Waals surface area contributed by atoms with E-state index in [0.717, 1.165) is 34.5 Å². The van der Waals surface area contributed by atoms with Gasteiger partial charge in [-0.3, -0.25) is 9.59 Å². The zero-order valence-electron chi connectivity index (χ0n) is 16.3. The Morgan fingerprint density at radius 1 is 1.35 bits per heavy atom. The van der Waals surface area contributed by atoms with Gasteiger partial charge in [0.15, 0.2) is 5.78 Å². The second kappa shape index (κ2) is 6.78. The summed E-state index contributed by atoms with van der Waals surface area (Å²) in [6.45, 7) is 11.0. The van der Waals surface area contributed by atoms with E-state index in [0.29, 0.717) is 13.0 Å². The number of ketones is 1. The molecule has 0 atom stereocenters. The van der Waals surface area contributed by atoms with E-state index in [2.05, 4.69) is 37.6 Å². The van der Waals surface area contributed by atoms with Crippen molar-refractivity contribution in [3.63, 3.8) is 0 Å². The Morgan fingerprint density at radius 3 is 2.69 bits per heavy atom. The average Bonchev–Trinajstić information content (AvgIpc) is 3.11. The van der Waals surface area contributed by atoms with Gasteiger partial charge in [-0.05, 0) is 44.2 Å². The number of Topliss-reactive ketones (excluding diaryl/α,β-unsaturated/α-hetero) is 1. The van der Waals surface area contributed by atoms with Crippen molar-refractivity contribution in [3.8, 4) is 0 Å². The van der Waals surface area contributed by atoms with Crippen LogP contribution >= 0.6 is 0 Å². The van der Waals surface area contributed by atoms with Crippen LogP contribution < -0.4 is 5.32 Å². The van der Waals surface area contributed by atoms with Crippen molar-refractivity contribution in [2.24, 2.45) is 5.41 Å². The van der Waals surface area contributed by atoms with Crippen molar-refractivity contribution in [1.29, 1.82) is 0 Å². The number of rotatable bonds is 5. The Morgan fingerprint density at radius 2 is 2.08 bits per heavy atom. The van der Waals surface area contributed by atoms with Crippen LogP contribution in [0.15, 0.2) is 23.0 Å². The smallest absolute Gasteiger partial charge is 0.224 e. The molecule has 0 radical (unpaired) electrons. The minimum Gasteiger partial charge on any atom is -0.472 e. The molecule has 2 aromatic rings. The van der Waals surface area contributed by atoms with Crippen LogP contribution in [0.25, 0.3) is 0 Å². The van der Waals surface area contributed by atoms with Crippen LogP contribution in [0.4, 0.5) is 0 Å². The molecule has 0 bridgehead atoms. The topological polar surface area (TPSA) is 64.2 Å². The molecule has 3 rings (SSSR count). The molecule has 26 heavy (non-hydrogen) atoms. The Kier molecular flexibility index (Phi) is 4.82. The average molecular weight is 356 g/mol. The number of fused-ring (bicyclic) bond motifs is 1. The minimum absolute atomic E-state index is 0.0394. The van der Waals surface area contributed by atoms with E-state index in [1.165, 1.54) is 0 Å². The number of aromatic nitrogens is 1. The fraction of sp³-hybridized carbons (Fsp3) is 0.524. The molecule has 0 spiro atoms. The van der Waals surface area contributed by atoms with Crippen LogP contribution in [0.1, 0.15) is 73.0 Å². The molecule has 2 heterocycles. The SMILES string of the molecule is Cc1c(CC(=O)NCc2ccoc2)c2c(n1C(C)C)CC(C)(C)CC2=O. The van der Waals surface area contributed by atoms with Gasteiger partial charge >= 0.3 is 0 Å². The lowest BCUT2D eigenvalue weighted by Crippen LogP contribution is -2.29. The van der Waals surface area contributed by atoms with Crippen LogP contribution in [-0.4, -0.2) is 16.3 Å². The summed E-state index contributed by atoms with van der Waals surface area (Å²) in [7, 11) is 0. The van der Waals surface area contributed by atoms with E-state index in [4.69, 9.17) is 4.42 Å². The maximum Gasteiger partial charge on any atom is 0.224 e. The Bertz CT molecular complexity index is 826. The van der Waals surface area contributed by atoms with E-state index in [9.17, 15) is 9.59 Å². The molecule has 2 aromatic heterocycles. The third-order valence-electron chi connectivity index (χ3n) is 5.17. The fourth-order valence-electron chi connectivity index (χ4n) is 4.10. The van der Waals surface area contributed by atoms with E-state index >= 15 is 0 Å². The van der Waals surface area contributed by atoms with Crippen molar-refractivity contribution in [1.82, 2.24) is 9.88 Å². The van der Waals surface area contributed by atoms with Gasteiger partial charge in [0.05, 0.1) is 18.9 Å². The predicted octanol–water partition coefficient (Wildman–Crippen LogP) is 3.98. The lowest BCUT2D eigenvalue weighted by molar-refractivity contribution is -0.120. The first-order valence-electron chi connectivity index (χ1n) is 9.23. The van der Waals surface area contributed by atoms with E-state index in [-0.39, 0.29) is 29.6 Å². The van der Waals surface area contributed by atoms with Crippen LogP contribution in [0, 0.1) is 12.3 Å². The third-order valence-corrected chi connectivity index (χ3v) is 5.17. The van der Waals surface area contributed by atoms with Gasteiger partial charge in [0.1, 0.15) is 0 Å². The number of amides is 1.